The van der Waals surface area contributed by atoms with Gasteiger partial charge in [0.25, 0.3) is 5.91 Å². The predicted molar refractivity (Wildman–Crippen MR) is 64.4 cm³/mol. The van der Waals surface area contributed by atoms with Crippen LogP contribution in [0.4, 0.5) is 0 Å². The molecule has 0 spiro atoms. The maximum Gasteiger partial charge on any atom is 0.252 e. The van der Waals surface area contributed by atoms with Crippen LogP contribution in [0.5, 0.6) is 0 Å². The number of hydrogen-bond donors (Lipinski definition) is 1. The molecule has 4 unspecified atom stereocenters. The lowest BCUT2D eigenvalue weighted by molar-refractivity contribution is -0.147. The van der Waals surface area contributed by atoms with Gasteiger partial charge in [0, 0.05) is 24.7 Å². The van der Waals surface area contributed by atoms with Crippen LogP contribution in [-0.2, 0) is 9.53 Å². The predicted octanol–water partition coefficient (Wildman–Crippen LogP) is 0.892. The number of fused-ring (bicyclic) bond motifs is 2. The average molecular weight is 238 g/mol. The van der Waals surface area contributed by atoms with E-state index in [2.05, 4.69) is 11.8 Å². The van der Waals surface area contributed by atoms with Gasteiger partial charge in [0.05, 0.1) is 0 Å². The molecule has 3 rings (SSSR count). The van der Waals surface area contributed by atoms with Crippen molar-refractivity contribution in [3.8, 4) is 0 Å². The van der Waals surface area contributed by atoms with Crippen LogP contribution in [0.3, 0.4) is 0 Å². The van der Waals surface area contributed by atoms with E-state index < -0.39 is 0 Å². The molecule has 96 valence electrons. The highest BCUT2D eigenvalue weighted by Gasteiger charge is 2.46. The first-order chi connectivity index (χ1) is 8.16. The quantitative estimate of drug-likeness (QED) is 0.738. The Labute approximate surface area is 102 Å². The minimum absolute atomic E-state index is 0.188. The normalized spacial score (nSPS) is 45.3. The number of nitrogens with zero attached hydrogens (tertiary/aromatic N) is 1. The topological polar surface area (TPSA) is 55.6 Å². The van der Waals surface area contributed by atoms with Crippen molar-refractivity contribution in [3.05, 3.63) is 0 Å². The molecular formula is C13H22N2O2. The van der Waals surface area contributed by atoms with Gasteiger partial charge in [-0.25, -0.2) is 0 Å². The third kappa shape index (κ3) is 1.87. The number of rotatable bonds is 1. The zero-order valence-electron chi connectivity index (χ0n) is 10.5. The van der Waals surface area contributed by atoms with E-state index in [1.54, 1.807) is 0 Å². The summed E-state index contributed by atoms with van der Waals surface area (Å²) in [6.45, 7) is 2.85. The van der Waals surface area contributed by atoms with E-state index in [1.165, 1.54) is 0 Å². The van der Waals surface area contributed by atoms with Crippen LogP contribution in [0.1, 0.15) is 39.0 Å². The molecule has 0 aliphatic carbocycles. The number of ether oxygens (including phenoxy) is 1. The standard InChI is InChI=1S/C13H22N2O2/c1-8-4-5-17-12(8)13(16)15-10-2-3-11(15)7-9(14)6-10/h8-12H,2-7,14H2,1H3. The van der Waals surface area contributed by atoms with Crippen LogP contribution in [0, 0.1) is 5.92 Å². The minimum Gasteiger partial charge on any atom is -0.368 e. The first-order valence-electron chi connectivity index (χ1n) is 6.86. The van der Waals surface area contributed by atoms with Crippen LogP contribution in [-0.4, -0.2) is 41.6 Å². The number of nitrogens with two attached hydrogens (primary N) is 1. The summed E-state index contributed by atoms with van der Waals surface area (Å²) in [6, 6.07) is 1.05. The summed E-state index contributed by atoms with van der Waals surface area (Å²) in [4.78, 5) is 14.6. The van der Waals surface area contributed by atoms with Gasteiger partial charge in [-0.1, -0.05) is 6.92 Å². The van der Waals surface area contributed by atoms with Crippen molar-refractivity contribution >= 4 is 5.91 Å². The zero-order chi connectivity index (χ0) is 12.0. The Bertz CT molecular complexity index is 307. The largest absolute Gasteiger partial charge is 0.368 e. The van der Waals surface area contributed by atoms with Crippen molar-refractivity contribution in [1.82, 2.24) is 4.90 Å². The second-order valence-corrected chi connectivity index (χ2v) is 5.92. The monoisotopic (exact) mass is 238 g/mol. The maximum absolute atomic E-state index is 12.5. The summed E-state index contributed by atoms with van der Waals surface area (Å²) in [7, 11) is 0. The third-order valence-electron chi connectivity index (χ3n) is 4.65. The molecule has 2 N–H and O–H groups in total. The molecule has 17 heavy (non-hydrogen) atoms. The zero-order valence-corrected chi connectivity index (χ0v) is 10.5. The molecule has 3 fully saturated rings. The third-order valence-corrected chi connectivity index (χ3v) is 4.65. The molecule has 0 aromatic carbocycles. The van der Waals surface area contributed by atoms with E-state index in [0.717, 1.165) is 38.7 Å². The molecule has 3 saturated heterocycles. The Morgan fingerprint density at radius 3 is 2.41 bits per heavy atom. The van der Waals surface area contributed by atoms with Gasteiger partial charge in [0.1, 0.15) is 6.10 Å². The van der Waals surface area contributed by atoms with E-state index in [-0.39, 0.29) is 12.0 Å². The Hall–Kier alpha value is -0.610. The Morgan fingerprint density at radius 1 is 1.24 bits per heavy atom. The lowest BCUT2D eigenvalue weighted by Gasteiger charge is -2.39. The second kappa shape index (κ2) is 4.25. The molecule has 0 aromatic rings. The van der Waals surface area contributed by atoms with Gasteiger partial charge in [-0.3, -0.25) is 4.79 Å². The van der Waals surface area contributed by atoms with Crippen LogP contribution in [0.2, 0.25) is 0 Å². The highest BCUT2D eigenvalue weighted by atomic mass is 16.5. The van der Waals surface area contributed by atoms with E-state index in [9.17, 15) is 4.79 Å². The number of hydrogen-bond acceptors (Lipinski definition) is 3. The van der Waals surface area contributed by atoms with Crippen LogP contribution >= 0.6 is 0 Å². The van der Waals surface area contributed by atoms with E-state index >= 15 is 0 Å². The SMILES string of the molecule is CC1CCOC1C(=O)N1C2CCC1CC(N)C2. The van der Waals surface area contributed by atoms with Gasteiger partial charge in [0.15, 0.2) is 0 Å². The smallest absolute Gasteiger partial charge is 0.252 e. The highest BCUT2D eigenvalue weighted by Crippen LogP contribution is 2.37. The Kier molecular flexibility index (Phi) is 2.87. The van der Waals surface area contributed by atoms with Crippen molar-refractivity contribution in [2.45, 2.75) is 63.3 Å². The van der Waals surface area contributed by atoms with Crippen molar-refractivity contribution in [2.24, 2.45) is 11.7 Å². The molecule has 0 aromatic heterocycles. The molecule has 3 heterocycles. The fourth-order valence-electron chi connectivity index (χ4n) is 3.74. The van der Waals surface area contributed by atoms with Crippen LogP contribution in [0.15, 0.2) is 0 Å². The first kappa shape index (κ1) is 11.5. The van der Waals surface area contributed by atoms with E-state index in [4.69, 9.17) is 10.5 Å². The van der Waals surface area contributed by atoms with Crippen molar-refractivity contribution in [3.63, 3.8) is 0 Å². The summed E-state index contributed by atoms with van der Waals surface area (Å²) in [5, 5.41) is 0. The van der Waals surface area contributed by atoms with Crippen molar-refractivity contribution < 1.29 is 9.53 Å². The van der Waals surface area contributed by atoms with E-state index in [1.807, 2.05) is 0 Å². The molecule has 3 aliphatic heterocycles. The van der Waals surface area contributed by atoms with Crippen LogP contribution < -0.4 is 5.73 Å². The summed E-state index contributed by atoms with van der Waals surface area (Å²) in [5.74, 6) is 0.604. The number of carbonyl (C=O) groups is 1. The van der Waals surface area contributed by atoms with E-state index in [0.29, 0.717) is 24.0 Å². The number of carbonyl (C=O) groups excluding carboxylic acids is 1. The van der Waals surface area contributed by atoms with Crippen molar-refractivity contribution in [1.29, 1.82) is 0 Å². The summed E-state index contributed by atoms with van der Waals surface area (Å²) < 4.78 is 5.61. The Balaban J connectivity index is 1.74. The second-order valence-electron chi connectivity index (χ2n) is 5.92. The lowest BCUT2D eigenvalue weighted by atomic mass is 9.95. The highest BCUT2D eigenvalue weighted by molar-refractivity contribution is 5.82. The molecule has 2 bridgehead atoms. The first-order valence-corrected chi connectivity index (χ1v) is 6.86. The van der Waals surface area contributed by atoms with Gasteiger partial charge in [-0.15, -0.1) is 0 Å². The number of amides is 1. The molecule has 0 radical (unpaired) electrons. The Morgan fingerprint density at radius 2 is 1.88 bits per heavy atom. The lowest BCUT2D eigenvalue weighted by Crippen LogP contribution is -2.53. The van der Waals surface area contributed by atoms with Gasteiger partial charge in [-0.2, -0.15) is 0 Å². The summed E-state index contributed by atoms with van der Waals surface area (Å²) in [6.07, 6.45) is 5.04. The average Bonchev–Trinajstić information content (AvgIpc) is 2.81. The molecule has 0 saturated carbocycles. The van der Waals surface area contributed by atoms with Gasteiger partial charge in [0.2, 0.25) is 0 Å². The number of piperidine rings is 1. The molecule has 4 atom stereocenters. The summed E-state index contributed by atoms with van der Waals surface area (Å²) >= 11 is 0. The molecule has 4 heteroatoms. The van der Waals surface area contributed by atoms with Gasteiger partial charge in [-0.05, 0) is 38.0 Å². The minimum atomic E-state index is -0.188. The van der Waals surface area contributed by atoms with Gasteiger partial charge >= 0.3 is 0 Å². The summed E-state index contributed by atoms with van der Waals surface area (Å²) in [5.41, 5.74) is 6.03. The molecular weight excluding hydrogens is 216 g/mol. The fraction of sp³-hybridized carbons (Fsp3) is 0.923. The van der Waals surface area contributed by atoms with Crippen LogP contribution in [0.25, 0.3) is 0 Å². The maximum atomic E-state index is 12.5. The van der Waals surface area contributed by atoms with Crippen molar-refractivity contribution in [2.75, 3.05) is 6.61 Å². The fourth-order valence-corrected chi connectivity index (χ4v) is 3.74. The molecule has 3 aliphatic rings. The molecule has 4 nitrogen and oxygen atoms in total. The van der Waals surface area contributed by atoms with Gasteiger partial charge < -0.3 is 15.4 Å². The molecule has 1 amide bonds.